The second-order valence-corrected chi connectivity index (χ2v) is 7.18. The third-order valence-corrected chi connectivity index (χ3v) is 4.59. The molecule has 0 fully saturated rings. The number of ether oxygens (including phenoxy) is 2. The summed E-state index contributed by atoms with van der Waals surface area (Å²) in [5, 5.41) is 0. The van der Waals surface area contributed by atoms with Gasteiger partial charge in [0.05, 0.1) is 13.2 Å². The van der Waals surface area contributed by atoms with E-state index in [4.69, 9.17) is 9.47 Å². The molecule has 1 aliphatic rings. The van der Waals surface area contributed by atoms with Gasteiger partial charge in [-0.1, -0.05) is 71.1 Å². The predicted octanol–water partition coefficient (Wildman–Crippen LogP) is 3.54. The second-order valence-electron chi connectivity index (χ2n) is 5.12. The van der Waals surface area contributed by atoms with E-state index >= 15 is 0 Å². The summed E-state index contributed by atoms with van der Waals surface area (Å²) >= 11 is 2.16. The largest absolute Gasteiger partial charge is 0.425 e. The summed E-state index contributed by atoms with van der Waals surface area (Å²) in [6.45, 7) is 0.843. The lowest BCUT2D eigenvalue weighted by Crippen LogP contribution is -2.45. The van der Waals surface area contributed by atoms with Crippen LogP contribution in [0.1, 0.15) is 11.1 Å². The molecular formula is C17H15IO3. The highest BCUT2D eigenvalue weighted by molar-refractivity contribution is 14.1. The van der Waals surface area contributed by atoms with E-state index in [-0.39, 0.29) is 5.97 Å². The van der Waals surface area contributed by atoms with Crippen LogP contribution in [0.3, 0.4) is 0 Å². The van der Waals surface area contributed by atoms with Gasteiger partial charge in [0.1, 0.15) is 9.17 Å². The summed E-state index contributed by atoms with van der Waals surface area (Å²) in [5.74, 6) is 0.438. The van der Waals surface area contributed by atoms with Gasteiger partial charge in [0.2, 0.25) is 0 Å². The van der Waals surface area contributed by atoms with E-state index in [0.29, 0.717) is 25.4 Å². The molecule has 108 valence electrons. The standard InChI is InChI=1S/C17H15IO3/c18-17(12-20-11-13-6-2-1-3-7-13)10-14-8-4-5-9-15(14)21-16(17)19/h1-9H,10-12H2. The normalized spacial score (nSPS) is 20.7. The van der Waals surface area contributed by atoms with E-state index in [1.54, 1.807) is 0 Å². The van der Waals surface area contributed by atoms with Crippen LogP contribution >= 0.6 is 22.6 Å². The van der Waals surface area contributed by atoms with E-state index in [2.05, 4.69) is 22.6 Å². The molecule has 0 aliphatic carbocycles. The molecule has 3 rings (SSSR count). The maximum absolute atomic E-state index is 12.2. The molecule has 3 nitrogen and oxygen atoms in total. The number of halogens is 1. The van der Waals surface area contributed by atoms with Gasteiger partial charge in [0.15, 0.2) is 0 Å². The average Bonchev–Trinajstić information content (AvgIpc) is 2.49. The van der Waals surface area contributed by atoms with Gasteiger partial charge in [-0.3, -0.25) is 4.79 Å². The van der Waals surface area contributed by atoms with Gasteiger partial charge in [0.25, 0.3) is 0 Å². The van der Waals surface area contributed by atoms with Crippen molar-refractivity contribution in [1.82, 2.24) is 0 Å². The molecule has 0 amide bonds. The molecule has 0 radical (unpaired) electrons. The SMILES string of the molecule is O=C1Oc2ccccc2CC1(I)COCc1ccccc1. The molecule has 0 saturated heterocycles. The van der Waals surface area contributed by atoms with Crippen LogP contribution in [0.15, 0.2) is 54.6 Å². The summed E-state index contributed by atoms with van der Waals surface area (Å²) in [6.07, 6.45) is 0.636. The Morgan fingerprint density at radius 1 is 1.10 bits per heavy atom. The molecule has 4 heteroatoms. The molecule has 2 aromatic rings. The fourth-order valence-corrected chi connectivity index (χ4v) is 3.07. The van der Waals surface area contributed by atoms with Crippen LogP contribution in [0.2, 0.25) is 0 Å². The fraction of sp³-hybridized carbons (Fsp3) is 0.235. The summed E-state index contributed by atoms with van der Waals surface area (Å²) < 4.78 is 10.5. The maximum Gasteiger partial charge on any atom is 0.330 e. The molecule has 0 N–H and O–H groups in total. The minimum atomic E-state index is -0.652. The molecule has 1 heterocycles. The molecular weight excluding hydrogens is 379 g/mol. The number of esters is 1. The van der Waals surface area contributed by atoms with Crippen molar-refractivity contribution in [3.63, 3.8) is 0 Å². The monoisotopic (exact) mass is 394 g/mol. The lowest BCUT2D eigenvalue weighted by molar-refractivity contribution is -0.139. The fourth-order valence-electron chi connectivity index (χ4n) is 2.33. The Morgan fingerprint density at radius 3 is 2.62 bits per heavy atom. The van der Waals surface area contributed by atoms with Crippen molar-refractivity contribution in [2.24, 2.45) is 0 Å². The van der Waals surface area contributed by atoms with Gasteiger partial charge in [0, 0.05) is 6.42 Å². The van der Waals surface area contributed by atoms with Crippen molar-refractivity contribution in [3.8, 4) is 5.75 Å². The Bertz CT molecular complexity index is 641. The molecule has 0 saturated carbocycles. The first-order valence-electron chi connectivity index (χ1n) is 6.78. The van der Waals surface area contributed by atoms with Crippen molar-refractivity contribution in [2.75, 3.05) is 6.61 Å². The number of hydrogen-bond acceptors (Lipinski definition) is 3. The van der Waals surface area contributed by atoms with Crippen LogP contribution in [0.4, 0.5) is 0 Å². The van der Waals surface area contributed by atoms with Crippen molar-refractivity contribution >= 4 is 28.6 Å². The minimum absolute atomic E-state index is 0.227. The third kappa shape index (κ3) is 3.27. The first-order valence-corrected chi connectivity index (χ1v) is 7.86. The van der Waals surface area contributed by atoms with Crippen molar-refractivity contribution in [1.29, 1.82) is 0 Å². The number of fused-ring (bicyclic) bond motifs is 1. The molecule has 1 unspecified atom stereocenters. The Morgan fingerprint density at radius 2 is 1.81 bits per heavy atom. The van der Waals surface area contributed by atoms with Gasteiger partial charge >= 0.3 is 5.97 Å². The Balaban J connectivity index is 1.66. The van der Waals surface area contributed by atoms with E-state index in [1.807, 2.05) is 54.6 Å². The molecule has 0 aromatic heterocycles. The average molecular weight is 394 g/mol. The number of rotatable bonds is 4. The molecule has 21 heavy (non-hydrogen) atoms. The molecule has 1 aliphatic heterocycles. The minimum Gasteiger partial charge on any atom is -0.425 e. The van der Waals surface area contributed by atoms with Crippen molar-refractivity contribution < 1.29 is 14.3 Å². The number of alkyl halides is 1. The van der Waals surface area contributed by atoms with Crippen LogP contribution < -0.4 is 4.74 Å². The number of carbonyl (C=O) groups is 1. The summed E-state index contributed by atoms with van der Waals surface area (Å²) in [6, 6.07) is 17.6. The van der Waals surface area contributed by atoms with Crippen molar-refractivity contribution in [3.05, 3.63) is 65.7 Å². The number of carbonyl (C=O) groups excluding carboxylic acids is 1. The van der Waals surface area contributed by atoms with E-state index in [1.165, 1.54) is 0 Å². The second kappa shape index (κ2) is 6.15. The lowest BCUT2D eigenvalue weighted by Gasteiger charge is -2.30. The van der Waals surface area contributed by atoms with Crippen LogP contribution in [-0.4, -0.2) is 16.0 Å². The van der Waals surface area contributed by atoms with E-state index < -0.39 is 3.42 Å². The predicted molar refractivity (Wildman–Crippen MR) is 88.6 cm³/mol. The zero-order chi connectivity index (χ0) is 14.7. The summed E-state index contributed by atoms with van der Waals surface area (Å²) in [7, 11) is 0. The number of hydrogen-bond donors (Lipinski definition) is 0. The van der Waals surface area contributed by atoms with E-state index in [0.717, 1.165) is 11.1 Å². The first-order chi connectivity index (χ1) is 10.2. The summed E-state index contributed by atoms with van der Waals surface area (Å²) in [5.41, 5.74) is 2.15. The number of para-hydroxylation sites is 1. The van der Waals surface area contributed by atoms with Gasteiger partial charge in [-0.05, 0) is 17.2 Å². The van der Waals surface area contributed by atoms with E-state index in [9.17, 15) is 4.79 Å². The lowest BCUT2D eigenvalue weighted by atomic mass is 9.97. The zero-order valence-corrected chi connectivity index (χ0v) is 13.6. The molecule has 0 spiro atoms. The van der Waals surface area contributed by atoms with Gasteiger partial charge in [-0.15, -0.1) is 0 Å². The van der Waals surface area contributed by atoms with Crippen LogP contribution in [0.5, 0.6) is 5.75 Å². The Labute approximate surface area is 137 Å². The maximum atomic E-state index is 12.2. The van der Waals surface area contributed by atoms with Gasteiger partial charge < -0.3 is 9.47 Å². The topological polar surface area (TPSA) is 35.5 Å². The first kappa shape index (κ1) is 14.5. The zero-order valence-electron chi connectivity index (χ0n) is 11.4. The third-order valence-electron chi connectivity index (χ3n) is 3.45. The number of benzene rings is 2. The summed E-state index contributed by atoms with van der Waals surface area (Å²) in [4.78, 5) is 12.2. The quantitative estimate of drug-likeness (QED) is 0.345. The van der Waals surface area contributed by atoms with Gasteiger partial charge in [-0.2, -0.15) is 0 Å². The van der Waals surface area contributed by atoms with Crippen LogP contribution in [0, 0.1) is 0 Å². The molecule has 2 aromatic carbocycles. The highest BCUT2D eigenvalue weighted by Crippen LogP contribution is 2.36. The highest BCUT2D eigenvalue weighted by atomic mass is 127. The van der Waals surface area contributed by atoms with Crippen LogP contribution in [-0.2, 0) is 22.6 Å². The smallest absolute Gasteiger partial charge is 0.330 e. The van der Waals surface area contributed by atoms with Crippen LogP contribution in [0.25, 0.3) is 0 Å². The van der Waals surface area contributed by atoms with Crippen molar-refractivity contribution in [2.45, 2.75) is 16.4 Å². The molecule has 1 atom stereocenters. The van der Waals surface area contributed by atoms with Gasteiger partial charge in [-0.25, -0.2) is 0 Å². The molecule has 0 bridgehead atoms. The highest BCUT2D eigenvalue weighted by Gasteiger charge is 2.42. The Kier molecular flexibility index (Phi) is 4.26. The Hall–Kier alpha value is -1.40.